The van der Waals surface area contributed by atoms with Gasteiger partial charge in [-0.15, -0.1) is 11.3 Å². The third-order valence-corrected chi connectivity index (χ3v) is 3.87. The van der Waals surface area contributed by atoms with E-state index in [0.717, 1.165) is 12.3 Å². The molecule has 2 aromatic rings. The van der Waals surface area contributed by atoms with Gasteiger partial charge in [0.2, 0.25) is 0 Å². The smallest absolute Gasteiger partial charge is 0.380 e. The molecular weight excluding hydrogens is 282 g/mol. The third-order valence-electron chi connectivity index (χ3n) is 2.61. The highest BCUT2D eigenvalue weighted by atomic mass is 32.1. The highest BCUT2D eigenvalue weighted by molar-refractivity contribution is 7.11. The second kappa shape index (κ2) is 4.57. The van der Waals surface area contributed by atoms with Crippen molar-refractivity contribution in [2.75, 3.05) is 0 Å². The van der Waals surface area contributed by atoms with Gasteiger partial charge in [-0.3, -0.25) is 0 Å². The van der Waals surface area contributed by atoms with Crippen molar-refractivity contribution in [2.24, 2.45) is 0 Å². The summed E-state index contributed by atoms with van der Waals surface area (Å²) in [5, 5.41) is 9.25. The lowest BCUT2D eigenvalue weighted by Crippen LogP contribution is -2.21. The normalized spacial score (nSPS) is 15.3. The van der Waals surface area contributed by atoms with Crippen molar-refractivity contribution in [3.63, 3.8) is 0 Å². The molecule has 1 aromatic heterocycles. The van der Waals surface area contributed by atoms with Crippen molar-refractivity contribution in [1.82, 2.24) is 4.98 Å². The van der Waals surface area contributed by atoms with Gasteiger partial charge in [0, 0.05) is 6.20 Å². The molecule has 0 radical (unpaired) electrons. The average molecular weight is 291 g/mol. The molecule has 1 heterocycles. The fourth-order valence-corrected chi connectivity index (χ4v) is 2.42. The van der Waals surface area contributed by atoms with E-state index in [2.05, 4.69) is 4.98 Å². The first-order valence-corrected chi connectivity index (χ1v) is 6.05. The molecule has 0 spiro atoms. The predicted molar refractivity (Wildman–Crippen MR) is 62.2 cm³/mol. The van der Waals surface area contributed by atoms with E-state index in [9.17, 15) is 22.7 Å². The third kappa shape index (κ3) is 2.76. The van der Waals surface area contributed by atoms with Crippen molar-refractivity contribution in [3.8, 4) is 0 Å². The standard InChI is InChI=1S/C12H9F4NOS/c1-11(18,7-3-2-4-8(13)5-7)9-6-17-10(19-9)12(14,15)16/h2-6,18H,1H3. The molecule has 1 N–H and O–H groups in total. The molecule has 1 unspecified atom stereocenters. The number of nitrogens with zero attached hydrogens (tertiary/aromatic N) is 1. The molecule has 0 aliphatic rings. The number of hydrogen-bond donors (Lipinski definition) is 1. The molecule has 19 heavy (non-hydrogen) atoms. The Labute approximate surface area is 110 Å². The van der Waals surface area contributed by atoms with Gasteiger partial charge >= 0.3 is 6.18 Å². The van der Waals surface area contributed by atoms with Crippen LogP contribution in [0.4, 0.5) is 17.6 Å². The zero-order valence-corrected chi connectivity index (χ0v) is 10.5. The maximum Gasteiger partial charge on any atom is 0.443 e. The summed E-state index contributed by atoms with van der Waals surface area (Å²) in [5.41, 5.74) is -1.55. The molecule has 0 saturated heterocycles. The Morgan fingerprint density at radius 3 is 2.47 bits per heavy atom. The van der Waals surface area contributed by atoms with E-state index in [1.807, 2.05) is 0 Å². The number of aliphatic hydroxyl groups is 1. The first-order chi connectivity index (χ1) is 8.71. The molecule has 1 atom stereocenters. The molecule has 0 aliphatic heterocycles. The van der Waals surface area contributed by atoms with Gasteiger partial charge in [-0.2, -0.15) is 13.2 Å². The molecule has 0 fully saturated rings. The minimum absolute atomic E-state index is 0.00502. The number of thiazole rings is 1. The highest BCUT2D eigenvalue weighted by Gasteiger charge is 2.37. The van der Waals surface area contributed by atoms with Crippen LogP contribution < -0.4 is 0 Å². The summed E-state index contributed by atoms with van der Waals surface area (Å²) in [7, 11) is 0. The van der Waals surface area contributed by atoms with Crippen LogP contribution in [0.3, 0.4) is 0 Å². The lowest BCUT2D eigenvalue weighted by Gasteiger charge is -2.21. The Morgan fingerprint density at radius 1 is 1.26 bits per heavy atom. The zero-order chi connectivity index (χ0) is 14.3. The van der Waals surface area contributed by atoms with E-state index in [0.29, 0.717) is 11.3 Å². The maximum atomic E-state index is 13.1. The van der Waals surface area contributed by atoms with Crippen LogP contribution in [0.5, 0.6) is 0 Å². The van der Waals surface area contributed by atoms with Crippen LogP contribution in [0.1, 0.15) is 22.4 Å². The number of halogens is 4. The van der Waals surface area contributed by atoms with E-state index in [1.54, 1.807) is 0 Å². The summed E-state index contributed by atoms with van der Waals surface area (Å²) < 4.78 is 50.5. The molecule has 2 nitrogen and oxygen atoms in total. The minimum atomic E-state index is -4.55. The molecule has 0 bridgehead atoms. The first-order valence-electron chi connectivity index (χ1n) is 5.23. The number of alkyl halides is 3. The van der Waals surface area contributed by atoms with Crippen LogP contribution >= 0.6 is 11.3 Å². The Morgan fingerprint density at radius 2 is 1.95 bits per heavy atom. The van der Waals surface area contributed by atoms with Gasteiger partial charge in [0.25, 0.3) is 0 Å². The summed E-state index contributed by atoms with van der Waals surface area (Å²) in [6.07, 6.45) is -3.60. The number of hydrogen-bond acceptors (Lipinski definition) is 3. The number of rotatable bonds is 2. The second-order valence-corrected chi connectivity index (χ2v) is 5.14. The Balaban J connectivity index is 2.42. The van der Waals surface area contributed by atoms with Gasteiger partial charge in [-0.05, 0) is 24.6 Å². The summed E-state index contributed by atoms with van der Waals surface area (Å²) >= 11 is 0.339. The van der Waals surface area contributed by atoms with Crippen LogP contribution in [-0.2, 0) is 11.8 Å². The second-order valence-electron chi connectivity index (χ2n) is 4.11. The Hall–Kier alpha value is -1.47. The minimum Gasteiger partial charge on any atom is -0.380 e. The number of benzene rings is 1. The topological polar surface area (TPSA) is 33.1 Å². The summed E-state index contributed by atoms with van der Waals surface area (Å²) in [5.74, 6) is -0.571. The number of aromatic nitrogens is 1. The SMILES string of the molecule is CC(O)(c1cccc(F)c1)c1cnc(C(F)(F)F)s1. The van der Waals surface area contributed by atoms with Gasteiger partial charge < -0.3 is 5.11 Å². The van der Waals surface area contributed by atoms with Gasteiger partial charge in [0.15, 0.2) is 5.01 Å². The van der Waals surface area contributed by atoms with E-state index in [4.69, 9.17) is 0 Å². The molecule has 0 amide bonds. The first kappa shape index (κ1) is 14.0. The van der Waals surface area contributed by atoms with Crippen LogP contribution in [0, 0.1) is 5.82 Å². The fourth-order valence-electron chi connectivity index (χ4n) is 1.56. The van der Waals surface area contributed by atoms with Crippen LogP contribution in [0.15, 0.2) is 30.5 Å². The van der Waals surface area contributed by atoms with Crippen LogP contribution in [-0.4, -0.2) is 10.1 Å². The molecule has 7 heteroatoms. The van der Waals surface area contributed by atoms with Crippen molar-refractivity contribution in [3.05, 3.63) is 51.7 Å². The van der Waals surface area contributed by atoms with Crippen molar-refractivity contribution >= 4 is 11.3 Å². The molecular formula is C12H9F4NOS. The summed E-state index contributed by atoms with van der Waals surface area (Å²) in [6, 6.07) is 5.08. The van der Waals surface area contributed by atoms with Gasteiger partial charge in [-0.25, -0.2) is 9.37 Å². The Kier molecular flexibility index (Phi) is 3.36. The lowest BCUT2D eigenvalue weighted by atomic mass is 9.95. The highest BCUT2D eigenvalue weighted by Crippen LogP contribution is 2.38. The Bertz CT molecular complexity index is 591. The molecule has 2 rings (SSSR count). The average Bonchev–Trinajstić information content (AvgIpc) is 2.78. The molecule has 0 saturated carbocycles. The zero-order valence-electron chi connectivity index (χ0n) is 9.70. The quantitative estimate of drug-likeness (QED) is 0.858. The lowest BCUT2D eigenvalue weighted by molar-refractivity contribution is -0.137. The van der Waals surface area contributed by atoms with Gasteiger partial charge in [0.1, 0.15) is 11.4 Å². The van der Waals surface area contributed by atoms with Crippen LogP contribution in [0.2, 0.25) is 0 Å². The van der Waals surface area contributed by atoms with Crippen molar-refractivity contribution in [1.29, 1.82) is 0 Å². The van der Waals surface area contributed by atoms with Crippen molar-refractivity contribution < 1.29 is 22.7 Å². The predicted octanol–water partition coefficient (Wildman–Crippen LogP) is 3.56. The van der Waals surface area contributed by atoms with Crippen LogP contribution in [0.25, 0.3) is 0 Å². The monoisotopic (exact) mass is 291 g/mol. The summed E-state index contributed by atoms with van der Waals surface area (Å²) in [6.45, 7) is 1.30. The van der Waals surface area contributed by atoms with E-state index < -0.39 is 22.6 Å². The summed E-state index contributed by atoms with van der Waals surface area (Å²) in [4.78, 5) is 3.25. The van der Waals surface area contributed by atoms with Gasteiger partial charge in [-0.1, -0.05) is 12.1 Å². The maximum absolute atomic E-state index is 13.1. The largest absolute Gasteiger partial charge is 0.443 e. The molecule has 0 aliphatic carbocycles. The fraction of sp³-hybridized carbons (Fsp3) is 0.250. The van der Waals surface area contributed by atoms with E-state index in [-0.39, 0.29) is 10.4 Å². The molecule has 102 valence electrons. The van der Waals surface area contributed by atoms with Gasteiger partial charge in [0.05, 0.1) is 4.88 Å². The molecule has 1 aromatic carbocycles. The van der Waals surface area contributed by atoms with E-state index >= 15 is 0 Å². The van der Waals surface area contributed by atoms with Crippen molar-refractivity contribution in [2.45, 2.75) is 18.7 Å². The van der Waals surface area contributed by atoms with E-state index in [1.165, 1.54) is 25.1 Å².